The molecule has 0 amide bonds. The average molecular weight is 268 g/mol. The van der Waals surface area contributed by atoms with Crippen molar-refractivity contribution in [3.05, 3.63) is 12.2 Å². The Morgan fingerprint density at radius 3 is 2.79 bits per heavy atom. The number of esters is 2. The summed E-state index contributed by atoms with van der Waals surface area (Å²) in [6, 6.07) is 0. The van der Waals surface area contributed by atoms with Crippen LogP contribution in [-0.4, -0.2) is 36.9 Å². The highest BCUT2D eigenvalue weighted by Crippen LogP contribution is 2.49. The molecule has 1 heterocycles. The van der Waals surface area contributed by atoms with Crippen molar-refractivity contribution in [3.8, 4) is 0 Å². The van der Waals surface area contributed by atoms with Gasteiger partial charge in [-0.05, 0) is 33.1 Å². The molecule has 1 saturated heterocycles. The summed E-state index contributed by atoms with van der Waals surface area (Å²) in [4.78, 5) is 23.2. The van der Waals surface area contributed by atoms with Crippen molar-refractivity contribution in [2.45, 2.75) is 44.8 Å². The molecule has 2 aliphatic rings. The maximum absolute atomic E-state index is 11.9. The highest BCUT2D eigenvalue weighted by molar-refractivity contribution is 5.88. The molecule has 0 spiro atoms. The zero-order valence-electron chi connectivity index (χ0n) is 11.4. The second kappa shape index (κ2) is 5.33. The first kappa shape index (κ1) is 14.1. The van der Waals surface area contributed by atoms with Crippen molar-refractivity contribution in [1.29, 1.82) is 0 Å². The molecule has 0 N–H and O–H groups in total. The van der Waals surface area contributed by atoms with Crippen LogP contribution in [-0.2, 0) is 23.8 Å². The molecule has 3 atom stereocenters. The second-order valence-electron chi connectivity index (χ2n) is 5.32. The van der Waals surface area contributed by atoms with Crippen molar-refractivity contribution < 1.29 is 23.8 Å². The molecule has 0 aromatic carbocycles. The number of epoxide rings is 1. The number of hydrogen-bond donors (Lipinski definition) is 0. The van der Waals surface area contributed by atoms with Gasteiger partial charge in [-0.3, -0.25) is 4.79 Å². The van der Waals surface area contributed by atoms with E-state index >= 15 is 0 Å². The molecule has 1 saturated carbocycles. The highest BCUT2D eigenvalue weighted by atomic mass is 16.6. The van der Waals surface area contributed by atoms with E-state index in [9.17, 15) is 9.59 Å². The zero-order chi connectivity index (χ0) is 14.0. The van der Waals surface area contributed by atoms with Crippen molar-refractivity contribution in [1.82, 2.24) is 0 Å². The Labute approximate surface area is 112 Å². The first-order valence-corrected chi connectivity index (χ1v) is 6.65. The van der Waals surface area contributed by atoms with Gasteiger partial charge in [0.05, 0.1) is 29.8 Å². The van der Waals surface area contributed by atoms with E-state index in [-0.39, 0.29) is 42.4 Å². The molecule has 0 radical (unpaired) electrons. The third-order valence-electron chi connectivity index (χ3n) is 3.81. The molecule has 3 unspecified atom stereocenters. The van der Waals surface area contributed by atoms with Gasteiger partial charge in [-0.15, -0.1) is 0 Å². The minimum absolute atomic E-state index is 0.00862. The van der Waals surface area contributed by atoms with Crippen LogP contribution in [0.1, 0.15) is 33.1 Å². The Bertz CT molecular complexity index is 403. The Hall–Kier alpha value is -1.36. The normalized spacial score (nSPS) is 32.1. The van der Waals surface area contributed by atoms with Gasteiger partial charge in [-0.2, -0.15) is 0 Å². The summed E-state index contributed by atoms with van der Waals surface area (Å²) in [6.45, 7) is 7.52. The molecule has 0 aromatic heterocycles. The summed E-state index contributed by atoms with van der Waals surface area (Å²) < 4.78 is 15.4. The molecule has 1 aliphatic carbocycles. The molecule has 0 bridgehead atoms. The predicted molar refractivity (Wildman–Crippen MR) is 67.4 cm³/mol. The van der Waals surface area contributed by atoms with Crippen molar-refractivity contribution >= 4 is 11.9 Å². The average Bonchev–Trinajstić information content (AvgIpc) is 3.06. The molecular formula is C14H20O5. The lowest BCUT2D eigenvalue weighted by atomic mass is 9.83. The number of carbonyl (C=O) groups excluding carboxylic acids is 2. The van der Waals surface area contributed by atoms with Gasteiger partial charge in [0, 0.05) is 0 Å². The minimum atomic E-state index is -0.517. The van der Waals surface area contributed by atoms with Crippen LogP contribution in [0.15, 0.2) is 12.2 Å². The van der Waals surface area contributed by atoms with Gasteiger partial charge in [0.15, 0.2) is 0 Å². The third-order valence-corrected chi connectivity index (χ3v) is 3.81. The Kier molecular flexibility index (Phi) is 3.94. The first-order chi connectivity index (χ1) is 8.96. The summed E-state index contributed by atoms with van der Waals surface area (Å²) in [5.41, 5.74) is 0.157. The van der Waals surface area contributed by atoms with Crippen molar-refractivity contribution in [2.75, 3.05) is 13.2 Å². The van der Waals surface area contributed by atoms with E-state index in [0.29, 0.717) is 6.42 Å². The molecule has 106 valence electrons. The smallest absolute Gasteiger partial charge is 0.336 e. The van der Waals surface area contributed by atoms with Crippen LogP contribution in [0.5, 0.6) is 0 Å². The van der Waals surface area contributed by atoms with Gasteiger partial charge >= 0.3 is 11.9 Å². The maximum atomic E-state index is 11.9. The number of ether oxygens (including phenoxy) is 3. The lowest BCUT2D eigenvalue weighted by Gasteiger charge is -2.20. The van der Waals surface area contributed by atoms with Crippen molar-refractivity contribution in [2.24, 2.45) is 5.92 Å². The third kappa shape index (κ3) is 3.15. The van der Waals surface area contributed by atoms with E-state index in [1.54, 1.807) is 6.92 Å². The van der Waals surface area contributed by atoms with E-state index in [1.165, 1.54) is 0 Å². The number of carbonyl (C=O) groups is 2. The van der Waals surface area contributed by atoms with Crippen LogP contribution >= 0.6 is 0 Å². The lowest BCUT2D eigenvalue weighted by Crippen LogP contribution is -2.28. The van der Waals surface area contributed by atoms with Crippen LogP contribution in [0.2, 0.25) is 0 Å². The molecule has 2 fully saturated rings. The number of rotatable bonds is 5. The van der Waals surface area contributed by atoms with Crippen LogP contribution in [0.25, 0.3) is 0 Å². The Morgan fingerprint density at radius 1 is 1.42 bits per heavy atom. The molecule has 5 heteroatoms. The summed E-state index contributed by atoms with van der Waals surface area (Å²) in [7, 11) is 0. The van der Waals surface area contributed by atoms with Gasteiger partial charge in [0.2, 0.25) is 0 Å². The van der Waals surface area contributed by atoms with Gasteiger partial charge in [0.1, 0.15) is 6.61 Å². The second-order valence-corrected chi connectivity index (χ2v) is 5.32. The van der Waals surface area contributed by atoms with Crippen LogP contribution in [0.3, 0.4) is 0 Å². The molecule has 19 heavy (non-hydrogen) atoms. The molecular weight excluding hydrogens is 248 g/mol. The predicted octanol–water partition coefficient (Wildman–Crippen LogP) is 1.61. The summed E-state index contributed by atoms with van der Waals surface area (Å²) in [5.74, 6) is -0.921. The fourth-order valence-electron chi connectivity index (χ4n) is 2.43. The lowest BCUT2D eigenvalue weighted by molar-refractivity contribution is -0.149. The zero-order valence-corrected chi connectivity index (χ0v) is 11.4. The Morgan fingerprint density at radius 2 is 2.16 bits per heavy atom. The standard InChI is InChI=1S/C14H20O5/c1-4-17-12(15)9(2)8-18-13(16)10-5-6-14(3)11(7-10)19-14/h10-11H,2,4-8H2,1,3H3. The van der Waals surface area contributed by atoms with Gasteiger partial charge < -0.3 is 14.2 Å². The van der Waals surface area contributed by atoms with Crippen molar-refractivity contribution in [3.63, 3.8) is 0 Å². The van der Waals surface area contributed by atoms with E-state index in [4.69, 9.17) is 14.2 Å². The fourth-order valence-corrected chi connectivity index (χ4v) is 2.43. The molecule has 0 aromatic rings. The summed E-state index contributed by atoms with van der Waals surface area (Å²) in [5, 5.41) is 0. The number of fused-ring (bicyclic) bond motifs is 1. The molecule has 1 aliphatic heterocycles. The van der Waals surface area contributed by atoms with E-state index < -0.39 is 5.97 Å². The fraction of sp³-hybridized carbons (Fsp3) is 0.714. The van der Waals surface area contributed by atoms with Gasteiger partial charge in [-0.25, -0.2) is 4.79 Å². The largest absolute Gasteiger partial charge is 0.463 e. The van der Waals surface area contributed by atoms with Crippen LogP contribution in [0.4, 0.5) is 0 Å². The molecule has 2 rings (SSSR count). The monoisotopic (exact) mass is 268 g/mol. The van der Waals surface area contributed by atoms with Gasteiger partial charge in [-0.1, -0.05) is 6.58 Å². The van der Waals surface area contributed by atoms with Crippen LogP contribution < -0.4 is 0 Å². The summed E-state index contributed by atoms with van der Waals surface area (Å²) in [6.07, 6.45) is 2.56. The Balaban J connectivity index is 1.73. The minimum Gasteiger partial charge on any atom is -0.463 e. The van der Waals surface area contributed by atoms with E-state index in [0.717, 1.165) is 12.8 Å². The first-order valence-electron chi connectivity index (χ1n) is 6.65. The maximum Gasteiger partial charge on any atom is 0.336 e. The highest BCUT2D eigenvalue weighted by Gasteiger charge is 2.56. The quantitative estimate of drug-likeness (QED) is 0.430. The van der Waals surface area contributed by atoms with Crippen LogP contribution in [0, 0.1) is 5.92 Å². The number of hydrogen-bond acceptors (Lipinski definition) is 5. The SMILES string of the molecule is C=C(COC(=O)C1CCC2(C)OC2C1)C(=O)OCC. The van der Waals surface area contributed by atoms with E-state index in [2.05, 4.69) is 13.5 Å². The van der Waals surface area contributed by atoms with Gasteiger partial charge in [0.25, 0.3) is 0 Å². The van der Waals surface area contributed by atoms with E-state index in [1.807, 2.05) is 0 Å². The topological polar surface area (TPSA) is 65.1 Å². The molecule has 5 nitrogen and oxygen atoms in total. The summed E-state index contributed by atoms with van der Waals surface area (Å²) >= 11 is 0.